The van der Waals surface area contributed by atoms with Gasteiger partial charge in [0.1, 0.15) is 0 Å². The Hall–Kier alpha value is -0.810. The minimum Gasteiger partial charge on any atom is -0.373 e. The maximum atomic E-state index is 12.6. The third kappa shape index (κ3) is 2.46. The van der Waals surface area contributed by atoms with Crippen LogP contribution < -0.4 is 5.32 Å². The van der Waals surface area contributed by atoms with Gasteiger partial charge in [0.05, 0.1) is 29.3 Å². The number of fused-ring (bicyclic) bond motifs is 1. The lowest BCUT2D eigenvalue weighted by molar-refractivity contribution is -0.0364. The van der Waals surface area contributed by atoms with Crippen molar-refractivity contribution in [3.63, 3.8) is 0 Å². The molecule has 19 heavy (non-hydrogen) atoms. The first kappa shape index (κ1) is 13.2. The van der Waals surface area contributed by atoms with Crippen molar-refractivity contribution in [2.24, 2.45) is 0 Å². The van der Waals surface area contributed by atoms with E-state index in [-0.39, 0.29) is 18.1 Å². The number of nitrogens with zero attached hydrogens (tertiary/aromatic N) is 1. The summed E-state index contributed by atoms with van der Waals surface area (Å²) in [7, 11) is 0. The lowest BCUT2D eigenvalue weighted by Crippen LogP contribution is -2.53. The zero-order valence-electron chi connectivity index (χ0n) is 10.2. The van der Waals surface area contributed by atoms with Gasteiger partial charge in [0.15, 0.2) is 0 Å². The standard InChI is InChI=1S/C13H14Cl2N2O2/c14-8-1-2-10(15)9(5-8)13(18)17-3-4-19-12-7-16-6-11(12)17/h1-2,5,11-12,16H,3-4,6-7H2/t11-,12+/m1/s1. The van der Waals surface area contributed by atoms with Crippen LogP contribution in [0.1, 0.15) is 10.4 Å². The predicted molar refractivity (Wildman–Crippen MR) is 73.9 cm³/mol. The van der Waals surface area contributed by atoms with Gasteiger partial charge in [0.2, 0.25) is 0 Å². The van der Waals surface area contributed by atoms with E-state index < -0.39 is 0 Å². The molecule has 1 amide bonds. The minimum absolute atomic E-state index is 0.0745. The van der Waals surface area contributed by atoms with Crippen LogP contribution in [0.15, 0.2) is 18.2 Å². The molecule has 1 aromatic carbocycles. The fourth-order valence-corrected chi connectivity index (χ4v) is 3.03. The van der Waals surface area contributed by atoms with Crippen LogP contribution in [0, 0.1) is 0 Å². The van der Waals surface area contributed by atoms with E-state index in [1.807, 2.05) is 4.90 Å². The summed E-state index contributed by atoms with van der Waals surface area (Å²) < 4.78 is 5.66. The van der Waals surface area contributed by atoms with Gasteiger partial charge in [-0.3, -0.25) is 4.79 Å². The van der Waals surface area contributed by atoms with E-state index in [1.54, 1.807) is 18.2 Å². The highest BCUT2D eigenvalue weighted by atomic mass is 35.5. The molecule has 102 valence electrons. The molecule has 2 saturated heterocycles. The molecule has 0 aliphatic carbocycles. The van der Waals surface area contributed by atoms with Gasteiger partial charge in [0, 0.05) is 24.7 Å². The molecule has 2 aliphatic heterocycles. The second-order valence-corrected chi connectivity index (χ2v) is 5.60. The highest BCUT2D eigenvalue weighted by molar-refractivity contribution is 6.35. The molecule has 0 saturated carbocycles. The van der Waals surface area contributed by atoms with Crippen LogP contribution in [-0.2, 0) is 4.74 Å². The van der Waals surface area contributed by atoms with Crippen LogP contribution in [0.25, 0.3) is 0 Å². The number of benzene rings is 1. The maximum absolute atomic E-state index is 12.6. The molecule has 1 N–H and O–H groups in total. The Labute approximate surface area is 121 Å². The van der Waals surface area contributed by atoms with Crippen LogP contribution in [-0.4, -0.2) is 49.2 Å². The maximum Gasteiger partial charge on any atom is 0.255 e. The first-order valence-corrected chi connectivity index (χ1v) is 7.01. The molecule has 4 nitrogen and oxygen atoms in total. The van der Waals surface area contributed by atoms with Crippen molar-refractivity contribution in [2.45, 2.75) is 12.1 Å². The molecule has 1 aromatic rings. The van der Waals surface area contributed by atoms with Crippen molar-refractivity contribution in [3.05, 3.63) is 33.8 Å². The van der Waals surface area contributed by atoms with Gasteiger partial charge in [0.25, 0.3) is 5.91 Å². The predicted octanol–water partition coefficient (Wildman–Crippen LogP) is 1.81. The van der Waals surface area contributed by atoms with E-state index in [2.05, 4.69) is 5.32 Å². The van der Waals surface area contributed by atoms with Gasteiger partial charge >= 0.3 is 0 Å². The van der Waals surface area contributed by atoms with Gasteiger partial charge in [-0.2, -0.15) is 0 Å². The summed E-state index contributed by atoms with van der Waals surface area (Å²) in [4.78, 5) is 14.5. The molecule has 2 fully saturated rings. The highest BCUT2D eigenvalue weighted by Crippen LogP contribution is 2.25. The van der Waals surface area contributed by atoms with E-state index in [0.29, 0.717) is 28.8 Å². The number of hydrogen-bond donors (Lipinski definition) is 1. The number of halogens is 2. The summed E-state index contributed by atoms with van der Waals surface area (Å²) >= 11 is 12.0. The zero-order chi connectivity index (χ0) is 13.4. The topological polar surface area (TPSA) is 41.6 Å². The van der Waals surface area contributed by atoms with Crippen molar-refractivity contribution < 1.29 is 9.53 Å². The third-order valence-corrected chi connectivity index (χ3v) is 4.18. The number of hydrogen-bond acceptors (Lipinski definition) is 3. The molecule has 3 rings (SSSR count). The zero-order valence-corrected chi connectivity index (χ0v) is 11.7. The fraction of sp³-hybridized carbons (Fsp3) is 0.462. The molecular weight excluding hydrogens is 287 g/mol. The Morgan fingerprint density at radius 1 is 1.37 bits per heavy atom. The number of carbonyl (C=O) groups excluding carboxylic acids is 1. The smallest absolute Gasteiger partial charge is 0.255 e. The van der Waals surface area contributed by atoms with Gasteiger partial charge in [-0.05, 0) is 18.2 Å². The summed E-state index contributed by atoms with van der Waals surface area (Å²) in [6.07, 6.45) is 0.0793. The number of morpholine rings is 1. The van der Waals surface area contributed by atoms with Crippen molar-refractivity contribution in [3.8, 4) is 0 Å². The average molecular weight is 301 g/mol. The van der Waals surface area contributed by atoms with E-state index in [1.165, 1.54) is 0 Å². The van der Waals surface area contributed by atoms with Crippen LogP contribution in [0.5, 0.6) is 0 Å². The Bertz CT molecular complexity index is 509. The largest absolute Gasteiger partial charge is 0.373 e. The molecule has 2 heterocycles. The molecule has 2 atom stereocenters. The molecule has 6 heteroatoms. The molecule has 0 unspecified atom stereocenters. The summed E-state index contributed by atoms with van der Waals surface area (Å²) in [6.45, 7) is 2.70. The number of nitrogens with one attached hydrogen (secondary N) is 1. The molecule has 0 bridgehead atoms. The fourth-order valence-electron chi connectivity index (χ4n) is 2.66. The summed E-state index contributed by atoms with van der Waals surface area (Å²) in [6, 6.07) is 5.04. The van der Waals surface area contributed by atoms with Crippen molar-refractivity contribution >= 4 is 29.1 Å². The van der Waals surface area contributed by atoms with Crippen molar-refractivity contribution in [1.29, 1.82) is 0 Å². The summed E-state index contributed by atoms with van der Waals surface area (Å²) in [5, 5.41) is 4.20. The SMILES string of the molecule is O=C(c1cc(Cl)ccc1Cl)N1CCO[C@H]2CNC[C@H]21. The number of ether oxygens (including phenoxy) is 1. The summed E-state index contributed by atoms with van der Waals surface area (Å²) in [5.74, 6) is -0.0745. The molecule has 0 spiro atoms. The van der Waals surface area contributed by atoms with E-state index in [9.17, 15) is 4.79 Å². The van der Waals surface area contributed by atoms with Crippen LogP contribution in [0.4, 0.5) is 0 Å². The van der Waals surface area contributed by atoms with Gasteiger partial charge < -0.3 is 15.0 Å². The average Bonchev–Trinajstić information content (AvgIpc) is 2.89. The number of amides is 1. The molecular formula is C13H14Cl2N2O2. The Kier molecular flexibility index (Phi) is 3.67. The van der Waals surface area contributed by atoms with Gasteiger partial charge in [-0.1, -0.05) is 23.2 Å². The monoisotopic (exact) mass is 300 g/mol. The summed E-state index contributed by atoms with van der Waals surface area (Å²) in [5.41, 5.74) is 0.460. The first-order chi connectivity index (χ1) is 9.16. The second kappa shape index (κ2) is 5.29. The highest BCUT2D eigenvalue weighted by Gasteiger charge is 2.39. The molecule has 0 aromatic heterocycles. The third-order valence-electron chi connectivity index (χ3n) is 3.61. The van der Waals surface area contributed by atoms with E-state index in [4.69, 9.17) is 27.9 Å². The van der Waals surface area contributed by atoms with Crippen LogP contribution in [0.2, 0.25) is 10.0 Å². The lowest BCUT2D eigenvalue weighted by Gasteiger charge is -2.37. The number of carbonyl (C=O) groups is 1. The van der Waals surface area contributed by atoms with Gasteiger partial charge in [-0.25, -0.2) is 0 Å². The normalized spacial score (nSPS) is 26.3. The number of rotatable bonds is 1. The molecule has 0 radical (unpaired) electrons. The van der Waals surface area contributed by atoms with Crippen LogP contribution in [0.3, 0.4) is 0 Å². The quantitative estimate of drug-likeness (QED) is 0.860. The lowest BCUT2D eigenvalue weighted by atomic mass is 10.1. The minimum atomic E-state index is -0.0745. The van der Waals surface area contributed by atoms with E-state index >= 15 is 0 Å². The first-order valence-electron chi connectivity index (χ1n) is 6.25. The van der Waals surface area contributed by atoms with Crippen LogP contribution >= 0.6 is 23.2 Å². The van der Waals surface area contributed by atoms with E-state index in [0.717, 1.165) is 13.1 Å². The van der Waals surface area contributed by atoms with Crippen molar-refractivity contribution in [2.75, 3.05) is 26.2 Å². The Morgan fingerprint density at radius 2 is 2.21 bits per heavy atom. The Morgan fingerprint density at radius 3 is 3.05 bits per heavy atom. The van der Waals surface area contributed by atoms with Gasteiger partial charge in [-0.15, -0.1) is 0 Å². The van der Waals surface area contributed by atoms with Crippen molar-refractivity contribution in [1.82, 2.24) is 10.2 Å². The second-order valence-electron chi connectivity index (χ2n) is 4.76. The Balaban J connectivity index is 1.88. The molecule has 2 aliphatic rings.